The van der Waals surface area contributed by atoms with E-state index in [9.17, 15) is 4.79 Å². The average Bonchev–Trinajstić information content (AvgIpc) is 2.86. The van der Waals surface area contributed by atoms with Gasteiger partial charge in [0.1, 0.15) is 0 Å². The van der Waals surface area contributed by atoms with Crippen LogP contribution in [0.1, 0.15) is 34.4 Å². The molecule has 0 aliphatic heterocycles. The lowest BCUT2D eigenvalue weighted by Gasteiger charge is -2.00. The normalized spacial score (nSPS) is 10.6. The van der Waals surface area contributed by atoms with Crippen molar-refractivity contribution in [2.45, 2.75) is 27.2 Å². The van der Waals surface area contributed by atoms with Crippen LogP contribution in [0.3, 0.4) is 0 Å². The van der Waals surface area contributed by atoms with Gasteiger partial charge in [0.25, 0.3) is 5.91 Å². The molecule has 4 N–H and O–H groups in total. The first kappa shape index (κ1) is 12.2. The van der Waals surface area contributed by atoms with Crippen LogP contribution >= 0.6 is 0 Å². The number of hydrogen-bond donors (Lipinski definition) is 3. The first-order valence-electron chi connectivity index (χ1n) is 5.61. The summed E-state index contributed by atoms with van der Waals surface area (Å²) in [5.74, 6) is -0.0966. The molecule has 18 heavy (non-hydrogen) atoms. The lowest BCUT2D eigenvalue weighted by Crippen LogP contribution is -2.14. The van der Waals surface area contributed by atoms with Gasteiger partial charge in [0.15, 0.2) is 5.69 Å². The Morgan fingerprint density at radius 2 is 2.22 bits per heavy atom. The van der Waals surface area contributed by atoms with Gasteiger partial charge in [-0.15, -0.1) is 0 Å². The van der Waals surface area contributed by atoms with E-state index in [0.717, 1.165) is 17.0 Å². The smallest absolute Gasteiger partial charge is 0.280 e. The Kier molecular flexibility index (Phi) is 3.05. The van der Waals surface area contributed by atoms with Crippen molar-refractivity contribution in [1.29, 1.82) is 0 Å². The molecule has 1 amide bonds. The van der Waals surface area contributed by atoms with E-state index in [0.29, 0.717) is 18.0 Å². The van der Waals surface area contributed by atoms with Gasteiger partial charge in [-0.3, -0.25) is 15.2 Å². The van der Waals surface area contributed by atoms with E-state index in [-0.39, 0.29) is 5.69 Å². The van der Waals surface area contributed by atoms with Crippen LogP contribution in [0.5, 0.6) is 0 Å². The van der Waals surface area contributed by atoms with E-state index in [1.54, 1.807) is 6.92 Å². The summed E-state index contributed by atoms with van der Waals surface area (Å²) in [5, 5.41) is 13.0. The second-order valence-electron chi connectivity index (χ2n) is 3.99. The summed E-state index contributed by atoms with van der Waals surface area (Å²) in [6.07, 6.45) is 0.687. The number of hydrogen-bond acceptors (Lipinski definition) is 5. The summed E-state index contributed by atoms with van der Waals surface area (Å²) < 4.78 is 5.00. The zero-order valence-electron chi connectivity index (χ0n) is 10.5. The molecule has 2 rings (SSSR count). The molecular formula is C11H15N5O2. The highest BCUT2D eigenvalue weighted by Gasteiger charge is 2.19. The van der Waals surface area contributed by atoms with Gasteiger partial charge >= 0.3 is 0 Å². The summed E-state index contributed by atoms with van der Waals surface area (Å²) in [7, 11) is 0. The number of rotatable bonds is 3. The summed E-state index contributed by atoms with van der Waals surface area (Å²) in [5.41, 5.74) is 8.60. The third kappa shape index (κ3) is 1.94. The summed E-state index contributed by atoms with van der Waals surface area (Å²) in [4.78, 5) is 12.0. The predicted octanol–water partition coefficient (Wildman–Crippen LogP) is 1.41. The Hall–Kier alpha value is -2.31. The van der Waals surface area contributed by atoms with Crippen LogP contribution in [0.2, 0.25) is 0 Å². The standard InChI is InChI=1S/C11H15N5O2/c1-4-7-8(12)9(15-14-7)10(17)13-11-5(2)6(3)16-18-11/h4,12H2,1-3H3,(H,13,17)(H,14,15). The van der Waals surface area contributed by atoms with Crippen molar-refractivity contribution in [3.05, 3.63) is 22.6 Å². The fraction of sp³-hybridized carbons (Fsp3) is 0.364. The molecule has 2 aromatic rings. The maximum atomic E-state index is 12.0. The number of nitrogens with two attached hydrogens (primary N) is 1. The van der Waals surface area contributed by atoms with E-state index in [2.05, 4.69) is 20.7 Å². The molecular weight excluding hydrogens is 234 g/mol. The largest absolute Gasteiger partial charge is 0.395 e. The van der Waals surface area contributed by atoms with Gasteiger partial charge in [-0.05, 0) is 20.3 Å². The van der Waals surface area contributed by atoms with E-state index >= 15 is 0 Å². The first-order chi connectivity index (χ1) is 8.54. The lowest BCUT2D eigenvalue weighted by atomic mass is 10.2. The van der Waals surface area contributed by atoms with Gasteiger partial charge in [-0.25, -0.2) is 0 Å². The van der Waals surface area contributed by atoms with Crippen molar-refractivity contribution in [3.8, 4) is 0 Å². The van der Waals surface area contributed by atoms with E-state index in [4.69, 9.17) is 10.3 Å². The number of nitrogen functional groups attached to an aromatic ring is 1. The molecule has 0 aliphatic rings. The first-order valence-corrected chi connectivity index (χ1v) is 5.61. The number of amides is 1. The molecule has 0 saturated carbocycles. The molecule has 7 heteroatoms. The fourth-order valence-corrected chi connectivity index (χ4v) is 1.52. The number of aromatic amines is 1. The predicted molar refractivity (Wildman–Crippen MR) is 66.3 cm³/mol. The molecule has 0 radical (unpaired) electrons. The monoisotopic (exact) mass is 249 g/mol. The summed E-state index contributed by atoms with van der Waals surface area (Å²) in [6.45, 7) is 5.54. The maximum Gasteiger partial charge on any atom is 0.280 e. The highest BCUT2D eigenvalue weighted by molar-refractivity contribution is 6.06. The third-order valence-corrected chi connectivity index (χ3v) is 2.84. The van der Waals surface area contributed by atoms with Crippen LogP contribution in [0.4, 0.5) is 11.6 Å². The number of anilines is 2. The molecule has 0 aliphatic carbocycles. The highest BCUT2D eigenvalue weighted by atomic mass is 16.5. The average molecular weight is 249 g/mol. The molecule has 0 fully saturated rings. The molecule has 0 bridgehead atoms. The van der Waals surface area contributed by atoms with Gasteiger partial charge in [-0.1, -0.05) is 12.1 Å². The van der Waals surface area contributed by atoms with E-state index in [1.807, 2.05) is 13.8 Å². The lowest BCUT2D eigenvalue weighted by molar-refractivity contribution is 0.102. The fourth-order valence-electron chi connectivity index (χ4n) is 1.52. The molecule has 96 valence electrons. The van der Waals surface area contributed by atoms with Crippen LogP contribution < -0.4 is 11.1 Å². The quantitative estimate of drug-likeness (QED) is 0.761. The van der Waals surface area contributed by atoms with Crippen LogP contribution in [-0.2, 0) is 6.42 Å². The Morgan fingerprint density at radius 1 is 1.50 bits per heavy atom. The molecule has 0 saturated heterocycles. The van der Waals surface area contributed by atoms with Crippen molar-refractivity contribution in [2.75, 3.05) is 11.1 Å². The number of H-pyrrole nitrogens is 1. The molecule has 7 nitrogen and oxygen atoms in total. The van der Waals surface area contributed by atoms with Crippen molar-refractivity contribution in [2.24, 2.45) is 0 Å². The van der Waals surface area contributed by atoms with E-state index in [1.165, 1.54) is 0 Å². The van der Waals surface area contributed by atoms with Gasteiger partial charge in [0.05, 0.1) is 17.1 Å². The van der Waals surface area contributed by atoms with Gasteiger partial charge in [-0.2, -0.15) is 5.10 Å². The molecule has 0 aromatic carbocycles. The van der Waals surface area contributed by atoms with Crippen LogP contribution in [0.25, 0.3) is 0 Å². The molecule has 0 atom stereocenters. The minimum atomic E-state index is -0.414. The van der Waals surface area contributed by atoms with Crippen molar-refractivity contribution in [1.82, 2.24) is 15.4 Å². The Morgan fingerprint density at radius 3 is 2.72 bits per heavy atom. The van der Waals surface area contributed by atoms with Crippen molar-refractivity contribution < 1.29 is 9.32 Å². The Bertz CT molecular complexity index is 584. The number of carbonyl (C=O) groups is 1. The van der Waals surface area contributed by atoms with Gasteiger partial charge in [0.2, 0.25) is 5.88 Å². The number of nitrogens with one attached hydrogen (secondary N) is 2. The maximum absolute atomic E-state index is 12.0. The second kappa shape index (κ2) is 4.52. The summed E-state index contributed by atoms with van der Waals surface area (Å²) >= 11 is 0. The highest BCUT2D eigenvalue weighted by Crippen LogP contribution is 2.20. The van der Waals surface area contributed by atoms with E-state index < -0.39 is 5.91 Å². The number of nitrogens with zero attached hydrogens (tertiary/aromatic N) is 2. The van der Waals surface area contributed by atoms with Crippen LogP contribution in [-0.4, -0.2) is 21.3 Å². The second-order valence-corrected chi connectivity index (χ2v) is 3.99. The minimum absolute atomic E-state index is 0.167. The number of carbonyl (C=O) groups excluding carboxylic acids is 1. The van der Waals surface area contributed by atoms with Crippen LogP contribution in [0.15, 0.2) is 4.52 Å². The van der Waals surface area contributed by atoms with Crippen molar-refractivity contribution >= 4 is 17.5 Å². The SMILES string of the molecule is CCc1[nH]nc(C(=O)Nc2onc(C)c2C)c1N. The number of aryl methyl sites for hydroxylation is 2. The molecule has 2 aromatic heterocycles. The molecule has 0 unspecified atom stereocenters. The zero-order valence-corrected chi connectivity index (χ0v) is 10.5. The molecule has 2 heterocycles. The zero-order chi connectivity index (χ0) is 13.3. The summed E-state index contributed by atoms with van der Waals surface area (Å²) in [6, 6.07) is 0. The minimum Gasteiger partial charge on any atom is -0.395 e. The number of aromatic nitrogens is 3. The van der Waals surface area contributed by atoms with Gasteiger partial charge in [0, 0.05) is 5.56 Å². The Labute approximate surface area is 104 Å². The topological polar surface area (TPSA) is 110 Å². The van der Waals surface area contributed by atoms with Gasteiger partial charge < -0.3 is 10.3 Å². The third-order valence-electron chi connectivity index (χ3n) is 2.84. The van der Waals surface area contributed by atoms with Crippen LogP contribution in [0, 0.1) is 13.8 Å². The Balaban J connectivity index is 2.22. The van der Waals surface area contributed by atoms with Crippen molar-refractivity contribution in [3.63, 3.8) is 0 Å². The molecule has 0 spiro atoms.